The molecule has 0 saturated carbocycles. The van der Waals surface area contributed by atoms with Crippen LogP contribution < -0.4 is 5.32 Å². The van der Waals surface area contributed by atoms with Crippen LogP contribution in [0.15, 0.2) is 24.3 Å². The Balaban J connectivity index is 1.82. The molecular formula is C20H29N3O4. The summed E-state index contributed by atoms with van der Waals surface area (Å²) >= 11 is 0. The number of carbonyl (C=O) groups is 3. The topological polar surface area (TPSA) is 79.0 Å². The van der Waals surface area contributed by atoms with Gasteiger partial charge in [0.15, 0.2) is 0 Å². The lowest BCUT2D eigenvalue weighted by atomic mass is 10.0. The Morgan fingerprint density at radius 2 is 1.81 bits per heavy atom. The standard InChI is InChI=1S/C20H29N3O4/c1-4-27-20(26)22-12-9-18(10-13-22)23(16(3)24)14-11-21-19(25)17-7-5-15(2)6-8-17/h5-8,18H,4,9-14H2,1-3H3,(H,21,25). The molecule has 3 amide bonds. The molecule has 0 radical (unpaired) electrons. The van der Waals surface area contributed by atoms with Crippen LogP contribution in [0, 0.1) is 6.92 Å². The van der Waals surface area contributed by atoms with Crippen molar-refractivity contribution in [3.63, 3.8) is 0 Å². The van der Waals surface area contributed by atoms with Crippen molar-refractivity contribution in [2.75, 3.05) is 32.8 Å². The number of likely N-dealkylation sites (tertiary alicyclic amines) is 1. The third-order valence-electron chi connectivity index (χ3n) is 4.79. The zero-order valence-corrected chi connectivity index (χ0v) is 16.4. The van der Waals surface area contributed by atoms with Crippen molar-refractivity contribution in [2.24, 2.45) is 0 Å². The van der Waals surface area contributed by atoms with Crippen LogP contribution in [0.5, 0.6) is 0 Å². The van der Waals surface area contributed by atoms with Gasteiger partial charge in [-0.2, -0.15) is 0 Å². The second kappa shape index (κ2) is 9.94. The predicted octanol–water partition coefficient (Wildman–Crippen LogP) is 2.19. The molecule has 1 aromatic rings. The molecule has 1 fully saturated rings. The Kier molecular flexibility index (Phi) is 7.64. The van der Waals surface area contributed by atoms with E-state index in [9.17, 15) is 14.4 Å². The van der Waals surface area contributed by atoms with E-state index < -0.39 is 0 Å². The van der Waals surface area contributed by atoms with Crippen LogP contribution in [-0.4, -0.2) is 66.5 Å². The fourth-order valence-electron chi connectivity index (χ4n) is 3.27. The highest BCUT2D eigenvalue weighted by Gasteiger charge is 2.28. The average molecular weight is 375 g/mol. The molecule has 148 valence electrons. The van der Waals surface area contributed by atoms with Crippen LogP contribution in [0.1, 0.15) is 42.6 Å². The van der Waals surface area contributed by atoms with Gasteiger partial charge in [-0.15, -0.1) is 0 Å². The number of nitrogens with zero attached hydrogens (tertiary/aromatic N) is 2. The van der Waals surface area contributed by atoms with Crippen LogP contribution in [0.25, 0.3) is 0 Å². The van der Waals surface area contributed by atoms with E-state index in [2.05, 4.69) is 5.32 Å². The molecular weight excluding hydrogens is 346 g/mol. The molecule has 1 heterocycles. The molecule has 0 spiro atoms. The zero-order valence-electron chi connectivity index (χ0n) is 16.4. The number of benzene rings is 1. The van der Waals surface area contributed by atoms with Gasteiger partial charge in [0.2, 0.25) is 5.91 Å². The van der Waals surface area contributed by atoms with Crippen molar-refractivity contribution in [3.05, 3.63) is 35.4 Å². The highest BCUT2D eigenvalue weighted by Crippen LogP contribution is 2.17. The Bertz CT molecular complexity index is 652. The number of amides is 3. The smallest absolute Gasteiger partial charge is 0.409 e. The molecule has 1 N–H and O–H groups in total. The largest absolute Gasteiger partial charge is 0.450 e. The molecule has 27 heavy (non-hydrogen) atoms. The lowest BCUT2D eigenvalue weighted by molar-refractivity contribution is -0.131. The zero-order chi connectivity index (χ0) is 19.8. The normalized spacial score (nSPS) is 14.6. The van der Waals surface area contributed by atoms with Crippen molar-refractivity contribution < 1.29 is 19.1 Å². The minimum absolute atomic E-state index is 0.0193. The minimum atomic E-state index is -0.296. The van der Waals surface area contributed by atoms with E-state index in [-0.39, 0.29) is 23.9 Å². The molecule has 0 aliphatic carbocycles. The van der Waals surface area contributed by atoms with E-state index in [1.165, 1.54) is 0 Å². The number of nitrogens with one attached hydrogen (secondary N) is 1. The number of hydrogen-bond acceptors (Lipinski definition) is 4. The lowest BCUT2D eigenvalue weighted by Gasteiger charge is -2.37. The van der Waals surface area contributed by atoms with Gasteiger partial charge in [-0.05, 0) is 38.8 Å². The molecule has 7 nitrogen and oxygen atoms in total. The molecule has 1 aliphatic heterocycles. The van der Waals surface area contributed by atoms with Gasteiger partial charge in [0.05, 0.1) is 6.61 Å². The van der Waals surface area contributed by atoms with Crippen LogP contribution in [-0.2, 0) is 9.53 Å². The molecule has 0 bridgehead atoms. The monoisotopic (exact) mass is 375 g/mol. The fraction of sp³-hybridized carbons (Fsp3) is 0.550. The number of hydrogen-bond donors (Lipinski definition) is 1. The number of aryl methyl sites for hydroxylation is 1. The first kappa shape index (κ1) is 20.7. The molecule has 1 aliphatic rings. The first-order valence-corrected chi connectivity index (χ1v) is 9.46. The van der Waals surface area contributed by atoms with Crippen LogP contribution >= 0.6 is 0 Å². The van der Waals surface area contributed by atoms with Gasteiger partial charge in [-0.3, -0.25) is 9.59 Å². The highest BCUT2D eigenvalue weighted by molar-refractivity contribution is 5.94. The summed E-state index contributed by atoms with van der Waals surface area (Å²) in [7, 11) is 0. The SMILES string of the molecule is CCOC(=O)N1CCC(N(CCNC(=O)c2ccc(C)cc2)C(C)=O)CC1. The summed E-state index contributed by atoms with van der Waals surface area (Å²) in [4.78, 5) is 39.5. The summed E-state index contributed by atoms with van der Waals surface area (Å²) in [6.07, 6.45) is 1.13. The van der Waals surface area contributed by atoms with Gasteiger partial charge in [0.1, 0.15) is 0 Å². The van der Waals surface area contributed by atoms with E-state index in [1.807, 2.05) is 19.1 Å². The molecule has 2 rings (SSSR count). The summed E-state index contributed by atoms with van der Waals surface area (Å²) in [5.74, 6) is -0.162. The van der Waals surface area contributed by atoms with Crippen molar-refractivity contribution >= 4 is 17.9 Å². The Labute approximate surface area is 160 Å². The molecule has 0 atom stereocenters. The maximum atomic E-state index is 12.2. The van der Waals surface area contributed by atoms with Crippen molar-refractivity contribution in [2.45, 2.75) is 39.7 Å². The highest BCUT2D eigenvalue weighted by atomic mass is 16.6. The third kappa shape index (κ3) is 5.98. The number of piperidine rings is 1. The summed E-state index contributed by atoms with van der Waals surface area (Å²) < 4.78 is 5.02. The summed E-state index contributed by atoms with van der Waals surface area (Å²) in [6, 6.07) is 7.45. The van der Waals surface area contributed by atoms with Crippen molar-refractivity contribution in [3.8, 4) is 0 Å². The van der Waals surface area contributed by atoms with Crippen LogP contribution in [0.2, 0.25) is 0 Å². The van der Waals surface area contributed by atoms with E-state index in [1.54, 1.807) is 35.8 Å². The quantitative estimate of drug-likeness (QED) is 0.827. The molecule has 0 unspecified atom stereocenters. The van der Waals surface area contributed by atoms with Crippen molar-refractivity contribution in [1.29, 1.82) is 0 Å². The van der Waals surface area contributed by atoms with E-state index in [0.29, 0.717) is 51.2 Å². The third-order valence-corrected chi connectivity index (χ3v) is 4.79. The lowest BCUT2D eigenvalue weighted by Crippen LogP contribution is -2.50. The Morgan fingerprint density at radius 3 is 2.37 bits per heavy atom. The number of rotatable bonds is 6. The molecule has 0 aromatic heterocycles. The average Bonchev–Trinajstić information content (AvgIpc) is 2.65. The first-order valence-electron chi connectivity index (χ1n) is 9.46. The van der Waals surface area contributed by atoms with Gasteiger partial charge in [0, 0.05) is 44.7 Å². The van der Waals surface area contributed by atoms with E-state index in [4.69, 9.17) is 4.74 Å². The first-order chi connectivity index (χ1) is 12.9. The van der Waals surface area contributed by atoms with E-state index >= 15 is 0 Å². The molecule has 7 heteroatoms. The summed E-state index contributed by atoms with van der Waals surface area (Å²) in [5.41, 5.74) is 1.71. The minimum Gasteiger partial charge on any atom is -0.450 e. The van der Waals surface area contributed by atoms with Crippen LogP contribution in [0.3, 0.4) is 0 Å². The fourth-order valence-corrected chi connectivity index (χ4v) is 3.27. The van der Waals surface area contributed by atoms with Gasteiger partial charge in [0.25, 0.3) is 5.91 Å². The maximum absolute atomic E-state index is 12.2. The Morgan fingerprint density at radius 1 is 1.19 bits per heavy atom. The predicted molar refractivity (Wildman–Crippen MR) is 103 cm³/mol. The van der Waals surface area contributed by atoms with E-state index in [0.717, 1.165) is 5.56 Å². The molecule has 1 aromatic carbocycles. The van der Waals surface area contributed by atoms with Gasteiger partial charge >= 0.3 is 6.09 Å². The second-order valence-electron chi connectivity index (χ2n) is 6.75. The summed E-state index contributed by atoms with van der Waals surface area (Å²) in [6.45, 7) is 7.65. The molecule has 1 saturated heterocycles. The second-order valence-corrected chi connectivity index (χ2v) is 6.75. The Hall–Kier alpha value is -2.57. The maximum Gasteiger partial charge on any atom is 0.409 e. The van der Waals surface area contributed by atoms with Gasteiger partial charge < -0.3 is 19.9 Å². The number of ether oxygens (including phenoxy) is 1. The van der Waals surface area contributed by atoms with Gasteiger partial charge in [-0.1, -0.05) is 17.7 Å². The van der Waals surface area contributed by atoms with Gasteiger partial charge in [-0.25, -0.2) is 4.79 Å². The van der Waals surface area contributed by atoms with Crippen molar-refractivity contribution in [1.82, 2.24) is 15.1 Å². The van der Waals surface area contributed by atoms with Crippen LogP contribution in [0.4, 0.5) is 4.79 Å². The summed E-state index contributed by atoms with van der Waals surface area (Å²) in [5, 5.41) is 2.87. The number of carbonyl (C=O) groups excluding carboxylic acids is 3.